The van der Waals surface area contributed by atoms with E-state index in [-0.39, 0.29) is 5.56 Å². The van der Waals surface area contributed by atoms with Crippen LogP contribution in [-0.2, 0) is 11.2 Å². The summed E-state index contributed by atoms with van der Waals surface area (Å²) in [5.41, 5.74) is 1.29. The Morgan fingerprint density at radius 1 is 1.32 bits per heavy atom. The van der Waals surface area contributed by atoms with Gasteiger partial charge >= 0.3 is 18.1 Å². The van der Waals surface area contributed by atoms with Crippen LogP contribution in [0.15, 0.2) is 18.2 Å². The lowest BCUT2D eigenvalue weighted by Crippen LogP contribution is -2.38. The lowest BCUT2D eigenvalue weighted by atomic mass is 10.0. The molecule has 0 heterocycles. The number of fused-ring (bicyclic) bond motifs is 1. The van der Waals surface area contributed by atoms with E-state index in [1.54, 1.807) is 0 Å². The number of carbonyl (C=O) groups is 2. The second-order valence-electron chi connectivity index (χ2n) is 4.28. The molecule has 2 rings (SSSR count). The molecule has 0 aromatic heterocycles. The van der Waals surface area contributed by atoms with Crippen molar-refractivity contribution in [1.82, 2.24) is 5.32 Å². The van der Waals surface area contributed by atoms with E-state index in [0.29, 0.717) is 24.0 Å². The molecule has 0 bridgehead atoms. The molecule has 1 unspecified atom stereocenters. The minimum Gasteiger partial charge on any atom is -0.478 e. The summed E-state index contributed by atoms with van der Waals surface area (Å²) in [7, 11) is 0. The van der Waals surface area contributed by atoms with E-state index in [4.69, 9.17) is 5.11 Å². The maximum Gasteiger partial charge on any atom is 0.471 e. The van der Waals surface area contributed by atoms with Gasteiger partial charge in [-0.15, -0.1) is 0 Å². The molecule has 0 saturated heterocycles. The van der Waals surface area contributed by atoms with Crippen LogP contribution in [-0.4, -0.2) is 23.2 Å². The Hall–Kier alpha value is -2.05. The summed E-state index contributed by atoms with van der Waals surface area (Å²) < 4.78 is 36.5. The number of rotatable bonds is 2. The number of amides is 1. The van der Waals surface area contributed by atoms with Crippen molar-refractivity contribution in [3.05, 3.63) is 34.9 Å². The molecule has 7 heteroatoms. The highest BCUT2D eigenvalue weighted by Crippen LogP contribution is 2.32. The van der Waals surface area contributed by atoms with E-state index in [9.17, 15) is 22.8 Å². The van der Waals surface area contributed by atoms with E-state index in [2.05, 4.69) is 0 Å². The van der Waals surface area contributed by atoms with Crippen LogP contribution in [0.25, 0.3) is 0 Å². The summed E-state index contributed by atoms with van der Waals surface area (Å²) in [4.78, 5) is 21.6. The number of carboxylic acids is 1. The summed E-state index contributed by atoms with van der Waals surface area (Å²) in [6, 6.07) is 3.48. The van der Waals surface area contributed by atoms with Crippen molar-refractivity contribution in [2.45, 2.75) is 25.1 Å². The predicted molar refractivity (Wildman–Crippen MR) is 58.7 cm³/mol. The Labute approximate surface area is 106 Å². The lowest BCUT2D eigenvalue weighted by Gasteiger charge is -2.15. The van der Waals surface area contributed by atoms with E-state index in [1.165, 1.54) is 18.2 Å². The van der Waals surface area contributed by atoms with Gasteiger partial charge in [0.25, 0.3) is 0 Å². The smallest absolute Gasteiger partial charge is 0.471 e. The largest absolute Gasteiger partial charge is 0.478 e. The molecule has 2 N–H and O–H groups in total. The maximum atomic E-state index is 12.2. The molecule has 0 fully saturated rings. The molecule has 0 saturated carbocycles. The summed E-state index contributed by atoms with van der Waals surface area (Å²) in [5.74, 6) is -3.07. The van der Waals surface area contributed by atoms with Crippen molar-refractivity contribution in [1.29, 1.82) is 0 Å². The molecule has 1 aliphatic carbocycles. The summed E-state index contributed by atoms with van der Waals surface area (Å²) in [6.45, 7) is 0. The number of carboxylic acid groups (broad SMARTS) is 1. The van der Waals surface area contributed by atoms with E-state index in [1.807, 2.05) is 5.32 Å². The second-order valence-corrected chi connectivity index (χ2v) is 4.28. The lowest BCUT2D eigenvalue weighted by molar-refractivity contribution is -0.174. The van der Waals surface area contributed by atoms with Gasteiger partial charge in [0.2, 0.25) is 0 Å². The Morgan fingerprint density at radius 2 is 2.00 bits per heavy atom. The number of aromatic carboxylic acids is 1. The number of nitrogens with one attached hydrogen (secondary N) is 1. The molecule has 0 spiro atoms. The third kappa shape index (κ3) is 2.69. The van der Waals surface area contributed by atoms with Crippen molar-refractivity contribution in [3.8, 4) is 0 Å². The van der Waals surface area contributed by atoms with E-state index >= 15 is 0 Å². The van der Waals surface area contributed by atoms with Crippen LogP contribution in [0.3, 0.4) is 0 Å². The van der Waals surface area contributed by atoms with Crippen molar-refractivity contribution in [2.75, 3.05) is 0 Å². The first kappa shape index (κ1) is 13.4. The topological polar surface area (TPSA) is 66.4 Å². The first-order valence-electron chi connectivity index (χ1n) is 5.53. The fourth-order valence-electron chi connectivity index (χ4n) is 2.14. The Balaban J connectivity index is 2.19. The maximum absolute atomic E-state index is 12.2. The Bertz CT molecular complexity index is 540. The molecule has 1 amide bonds. The first-order chi connectivity index (χ1) is 8.79. The molecule has 1 aromatic rings. The van der Waals surface area contributed by atoms with Crippen LogP contribution in [0.1, 0.15) is 33.9 Å². The Morgan fingerprint density at radius 3 is 2.58 bits per heavy atom. The highest BCUT2D eigenvalue weighted by atomic mass is 19.4. The second kappa shape index (κ2) is 4.56. The minimum absolute atomic E-state index is 0.0848. The van der Waals surface area contributed by atoms with Gasteiger partial charge in [-0.2, -0.15) is 13.2 Å². The molecule has 1 atom stereocenters. The number of hydrogen-bond acceptors (Lipinski definition) is 2. The van der Waals surface area contributed by atoms with Crippen molar-refractivity contribution in [3.63, 3.8) is 0 Å². The molecule has 0 radical (unpaired) electrons. The third-order valence-corrected chi connectivity index (χ3v) is 3.03. The highest BCUT2D eigenvalue weighted by Gasteiger charge is 2.40. The number of alkyl halides is 3. The standard InChI is InChI=1S/C12H10F3NO3/c13-12(14,15)11(19)16-9-4-2-6-5-7(10(17)18)1-3-8(6)9/h1,3,5,9H,2,4H2,(H,16,19)(H,17,18). The van der Waals surface area contributed by atoms with Crippen molar-refractivity contribution < 1.29 is 27.9 Å². The Kier molecular flexibility index (Phi) is 3.21. The first-order valence-corrected chi connectivity index (χ1v) is 5.53. The average molecular weight is 273 g/mol. The zero-order valence-corrected chi connectivity index (χ0v) is 9.62. The fourth-order valence-corrected chi connectivity index (χ4v) is 2.14. The fraction of sp³-hybridized carbons (Fsp3) is 0.333. The van der Waals surface area contributed by atoms with Gasteiger partial charge in [0.05, 0.1) is 11.6 Å². The van der Waals surface area contributed by atoms with Crippen LogP contribution in [0.4, 0.5) is 13.2 Å². The highest BCUT2D eigenvalue weighted by molar-refractivity contribution is 5.88. The molecule has 0 aliphatic heterocycles. The average Bonchev–Trinajstić information content (AvgIpc) is 2.70. The van der Waals surface area contributed by atoms with Gasteiger partial charge in [0.15, 0.2) is 0 Å². The van der Waals surface area contributed by atoms with Gasteiger partial charge < -0.3 is 10.4 Å². The number of hydrogen-bond donors (Lipinski definition) is 2. The summed E-state index contributed by atoms with van der Waals surface area (Å²) in [6.07, 6.45) is -4.14. The van der Waals surface area contributed by atoms with Crippen molar-refractivity contribution >= 4 is 11.9 Å². The quantitative estimate of drug-likeness (QED) is 0.866. The van der Waals surface area contributed by atoms with Crippen LogP contribution < -0.4 is 5.32 Å². The number of aryl methyl sites for hydroxylation is 1. The number of halogens is 3. The van der Waals surface area contributed by atoms with Gasteiger partial charge in [0.1, 0.15) is 0 Å². The summed E-state index contributed by atoms with van der Waals surface area (Å²) >= 11 is 0. The summed E-state index contributed by atoms with van der Waals surface area (Å²) in [5, 5.41) is 10.7. The molecule has 19 heavy (non-hydrogen) atoms. The molecular weight excluding hydrogens is 263 g/mol. The van der Waals surface area contributed by atoms with Crippen LogP contribution in [0, 0.1) is 0 Å². The minimum atomic E-state index is -4.91. The molecule has 102 valence electrons. The normalized spacial score (nSPS) is 17.9. The van der Waals surface area contributed by atoms with Gasteiger partial charge in [-0.05, 0) is 36.1 Å². The number of benzene rings is 1. The molecule has 1 aromatic carbocycles. The van der Waals surface area contributed by atoms with E-state index in [0.717, 1.165) is 0 Å². The predicted octanol–water partition coefficient (Wildman–Crippen LogP) is 2.05. The molecule has 4 nitrogen and oxygen atoms in total. The molecule has 1 aliphatic rings. The van der Waals surface area contributed by atoms with Crippen LogP contribution in [0.2, 0.25) is 0 Å². The SMILES string of the molecule is O=C(O)c1ccc2c(c1)CCC2NC(=O)C(F)(F)F. The monoisotopic (exact) mass is 273 g/mol. The van der Waals surface area contributed by atoms with Crippen molar-refractivity contribution in [2.24, 2.45) is 0 Å². The van der Waals surface area contributed by atoms with Crippen LogP contribution in [0.5, 0.6) is 0 Å². The van der Waals surface area contributed by atoms with Gasteiger partial charge in [-0.3, -0.25) is 4.79 Å². The third-order valence-electron chi connectivity index (χ3n) is 3.03. The molecular formula is C12H10F3NO3. The van der Waals surface area contributed by atoms with Gasteiger partial charge in [-0.1, -0.05) is 6.07 Å². The zero-order chi connectivity index (χ0) is 14.2. The van der Waals surface area contributed by atoms with E-state index < -0.39 is 24.1 Å². The van der Waals surface area contributed by atoms with Gasteiger partial charge in [0, 0.05) is 0 Å². The van der Waals surface area contributed by atoms with Crippen LogP contribution >= 0.6 is 0 Å². The van der Waals surface area contributed by atoms with Gasteiger partial charge in [-0.25, -0.2) is 4.79 Å². The number of carbonyl (C=O) groups excluding carboxylic acids is 1. The zero-order valence-electron chi connectivity index (χ0n) is 9.62.